The lowest BCUT2D eigenvalue weighted by atomic mass is 10.1. The number of amides is 2. The summed E-state index contributed by atoms with van der Waals surface area (Å²) in [6.07, 6.45) is 5.42. The van der Waals surface area contributed by atoms with Gasteiger partial charge in [-0.15, -0.1) is 0 Å². The second-order valence-corrected chi connectivity index (χ2v) is 6.18. The number of aromatic nitrogens is 1. The maximum atomic E-state index is 12.1. The largest absolute Gasteiger partial charge is 0.334 e. The zero-order chi connectivity index (χ0) is 14.7. The fourth-order valence-electron chi connectivity index (χ4n) is 2.34. The molecule has 0 radical (unpaired) electrons. The molecule has 1 aliphatic carbocycles. The fraction of sp³-hybridized carbons (Fsp3) is 0.250. The van der Waals surface area contributed by atoms with Crippen LogP contribution in [0.5, 0.6) is 0 Å². The van der Waals surface area contributed by atoms with E-state index in [1.165, 1.54) is 0 Å². The summed E-state index contributed by atoms with van der Waals surface area (Å²) >= 11 is 3.47. The quantitative estimate of drug-likeness (QED) is 0.892. The summed E-state index contributed by atoms with van der Waals surface area (Å²) in [5, 5.41) is 5.97. The van der Waals surface area contributed by atoms with Crippen LogP contribution >= 0.6 is 15.9 Å². The molecule has 2 N–H and O–H groups in total. The zero-order valence-corrected chi connectivity index (χ0v) is 13.1. The van der Waals surface area contributed by atoms with E-state index in [9.17, 15) is 4.79 Å². The van der Waals surface area contributed by atoms with E-state index < -0.39 is 0 Å². The molecule has 4 nitrogen and oxygen atoms in total. The first-order valence-corrected chi connectivity index (χ1v) is 7.68. The number of hydrogen-bond donors (Lipinski definition) is 2. The Bertz CT molecular complexity index is 641. The van der Waals surface area contributed by atoms with E-state index in [0.717, 1.165) is 28.4 Å². The van der Waals surface area contributed by atoms with Crippen molar-refractivity contribution in [1.82, 2.24) is 15.6 Å². The number of nitrogens with one attached hydrogen (secondary N) is 2. The summed E-state index contributed by atoms with van der Waals surface area (Å²) in [5.74, 6) is 0. The van der Waals surface area contributed by atoms with E-state index in [0.29, 0.717) is 6.54 Å². The van der Waals surface area contributed by atoms with Crippen molar-refractivity contribution < 1.29 is 4.79 Å². The molecule has 2 aromatic rings. The Morgan fingerprint density at radius 1 is 1.29 bits per heavy atom. The molecule has 5 heteroatoms. The molecule has 21 heavy (non-hydrogen) atoms. The van der Waals surface area contributed by atoms with Crippen molar-refractivity contribution >= 4 is 22.0 Å². The molecule has 0 unspecified atom stereocenters. The smallest absolute Gasteiger partial charge is 0.315 e. The van der Waals surface area contributed by atoms with Gasteiger partial charge < -0.3 is 10.6 Å². The Morgan fingerprint density at radius 2 is 2.14 bits per heavy atom. The topological polar surface area (TPSA) is 54.0 Å². The Labute approximate surface area is 132 Å². The lowest BCUT2D eigenvalue weighted by Crippen LogP contribution is -2.41. The lowest BCUT2D eigenvalue weighted by Gasteiger charge is -2.18. The van der Waals surface area contributed by atoms with E-state index in [2.05, 4.69) is 43.7 Å². The van der Waals surface area contributed by atoms with Gasteiger partial charge in [0.15, 0.2) is 0 Å². The number of carbonyl (C=O) groups is 1. The molecule has 1 saturated carbocycles. The summed E-state index contributed by atoms with van der Waals surface area (Å²) in [6.45, 7) is 0.480. The molecule has 1 heterocycles. The van der Waals surface area contributed by atoms with Crippen LogP contribution < -0.4 is 10.6 Å². The van der Waals surface area contributed by atoms with Crippen molar-refractivity contribution in [2.45, 2.75) is 24.9 Å². The Morgan fingerprint density at radius 3 is 2.81 bits per heavy atom. The first-order valence-electron chi connectivity index (χ1n) is 6.89. The van der Waals surface area contributed by atoms with Crippen LogP contribution in [0.15, 0.2) is 53.3 Å². The molecular formula is C16H16BrN3O. The minimum atomic E-state index is -0.206. The number of nitrogens with zero attached hydrogens (tertiary/aromatic N) is 1. The SMILES string of the molecule is O=C(NCc1cccnc1)NC1(c2cccc(Br)c2)CC1. The number of benzene rings is 1. The molecule has 108 valence electrons. The van der Waals surface area contributed by atoms with Gasteiger partial charge >= 0.3 is 6.03 Å². The van der Waals surface area contributed by atoms with Gasteiger partial charge in [-0.2, -0.15) is 0 Å². The molecule has 1 aromatic carbocycles. The van der Waals surface area contributed by atoms with Crippen molar-refractivity contribution in [3.05, 3.63) is 64.4 Å². The normalized spacial score (nSPS) is 15.3. The Kier molecular flexibility index (Phi) is 3.92. The van der Waals surface area contributed by atoms with E-state index in [4.69, 9.17) is 0 Å². The minimum absolute atomic E-state index is 0.142. The number of hydrogen-bond acceptors (Lipinski definition) is 2. The molecule has 0 spiro atoms. The summed E-state index contributed by atoms with van der Waals surface area (Å²) in [7, 11) is 0. The van der Waals surface area contributed by atoms with E-state index in [-0.39, 0.29) is 11.6 Å². The second kappa shape index (κ2) is 5.85. The van der Waals surface area contributed by atoms with Crippen LogP contribution in [0.4, 0.5) is 4.79 Å². The van der Waals surface area contributed by atoms with Crippen molar-refractivity contribution in [3.63, 3.8) is 0 Å². The molecule has 0 saturated heterocycles. The number of pyridine rings is 1. The number of carbonyl (C=O) groups excluding carboxylic acids is 1. The van der Waals surface area contributed by atoms with Gasteiger partial charge in [0.1, 0.15) is 0 Å². The van der Waals surface area contributed by atoms with E-state index >= 15 is 0 Å². The first-order chi connectivity index (χ1) is 10.2. The highest BCUT2D eigenvalue weighted by Crippen LogP contribution is 2.45. The van der Waals surface area contributed by atoms with Crippen molar-refractivity contribution in [3.8, 4) is 0 Å². The average Bonchev–Trinajstić information content (AvgIpc) is 3.27. The summed E-state index contributed by atoms with van der Waals surface area (Å²) in [4.78, 5) is 16.1. The van der Waals surface area contributed by atoms with Gasteiger partial charge in [0.2, 0.25) is 0 Å². The molecule has 3 rings (SSSR count). The van der Waals surface area contributed by atoms with Crippen LogP contribution in [0.1, 0.15) is 24.0 Å². The molecule has 0 bridgehead atoms. The first kappa shape index (κ1) is 14.1. The van der Waals surface area contributed by atoms with Crippen LogP contribution in [0, 0.1) is 0 Å². The van der Waals surface area contributed by atoms with Crippen molar-refractivity contribution in [2.75, 3.05) is 0 Å². The third kappa shape index (κ3) is 3.42. The van der Waals surface area contributed by atoms with Gasteiger partial charge in [-0.3, -0.25) is 4.98 Å². The Balaban J connectivity index is 1.60. The highest BCUT2D eigenvalue weighted by atomic mass is 79.9. The molecule has 1 aliphatic rings. The van der Waals surface area contributed by atoms with Gasteiger partial charge in [-0.25, -0.2) is 4.79 Å². The second-order valence-electron chi connectivity index (χ2n) is 5.26. The molecule has 2 amide bonds. The molecule has 0 atom stereocenters. The summed E-state index contributed by atoms with van der Waals surface area (Å²) < 4.78 is 1.03. The minimum Gasteiger partial charge on any atom is -0.334 e. The monoisotopic (exact) mass is 345 g/mol. The fourth-order valence-corrected chi connectivity index (χ4v) is 2.74. The molecule has 1 aromatic heterocycles. The van der Waals surface area contributed by atoms with Gasteiger partial charge in [-0.05, 0) is 42.2 Å². The zero-order valence-electron chi connectivity index (χ0n) is 11.5. The highest BCUT2D eigenvalue weighted by molar-refractivity contribution is 9.10. The lowest BCUT2D eigenvalue weighted by molar-refractivity contribution is 0.235. The predicted molar refractivity (Wildman–Crippen MR) is 84.7 cm³/mol. The van der Waals surface area contributed by atoms with Gasteiger partial charge in [0.05, 0.1) is 5.54 Å². The van der Waals surface area contributed by atoms with E-state index in [1.807, 2.05) is 24.3 Å². The maximum Gasteiger partial charge on any atom is 0.315 e. The van der Waals surface area contributed by atoms with Gasteiger partial charge in [-0.1, -0.05) is 34.1 Å². The van der Waals surface area contributed by atoms with Crippen molar-refractivity contribution in [1.29, 1.82) is 0 Å². The third-order valence-corrected chi connectivity index (χ3v) is 4.15. The van der Waals surface area contributed by atoms with Crippen LogP contribution in [-0.4, -0.2) is 11.0 Å². The number of halogens is 1. The maximum absolute atomic E-state index is 12.1. The molecular weight excluding hydrogens is 330 g/mol. The predicted octanol–water partition coefficient (Wildman–Crippen LogP) is 3.33. The van der Waals surface area contributed by atoms with Gasteiger partial charge in [0.25, 0.3) is 0 Å². The summed E-state index contributed by atoms with van der Waals surface area (Å²) in [5.41, 5.74) is 1.93. The standard InChI is InChI=1S/C16H16BrN3O/c17-14-5-1-4-13(9-14)16(6-7-16)20-15(21)19-11-12-3-2-8-18-10-12/h1-5,8-10H,6-7,11H2,(H2,19,20,21). The summed E-state index contributed by atoms with van der Waals surface area (Å²) in [6, 6.07) is 11.8. The molecule has 0 aliphatic heterocycles. The van der Waals surface area contributed by atoms with E-state index in [1.54, 1.807) is 12.4 Å². The number of urea groups is 1. The van der Waals surface area contributed by atoms with Crippen LogP contribution in [0.3, 0.4) is 0 Å². The highest BCUT2D eigenvalue weighted by Gasteiger charge is 2.45. The average molecular weight is 346 g/mol. The van der Waals surface area contributed by atoms with Crippen LogP contribution in [-0.2, 0) is 12.1 Å². The van der Waals surface area contributed by atoms with Crippen molar-refractivity contribution in [2.24, 2.45) is 0 Å². The van der Waals surface area contributed by atoms with Crippen LogP contribution in [0.25, 0.3) is 0 Å². The third-order valence-electron chi connectivity index (χ3n) is 3.66. The molecule has 1 fully saturated rings. The number of rotatable bonds is 4. The Hall–Kier alpha value is -1.88. The van der Waals surface area contributed by atoms with Crippen LogP contribution in [0.2, 0.25) is 0 Å². The van der Waals surface area contributed by atoms with Gasteiger partial charge in [0, 0.05) is 23.4 Å².